The molecule has 18 heavy (non-hydrogen) atoms. The maximum Gasteiger partial charge on any atom is 0.239 e. The molecule has 1 fully saturated rings. The van der Waals surface area contributed by atoms with Crippen LogP contribution in [0, 0.1) is 12.8 Å². The minimum atomic E-state index is 0.457. The number of piperidine rings is 1. The van der Waals surface area contributed by atoms with Gasteiger partial charge in [0.2, 0.25) is 5.95 Å². The van der Waals surface area contributed by atoms with Gasteiger partial charge < -0.3 is 10.2 Å². The quantitative estimate of drug-likeness (QED) is 0.542. The number of hydrogen-bond acceptors (Lipinski definition) is 6. The molecule has 2 heterocycles. The predicted molar refractivity (Wildman–Crippen MR) is 73.3 cm³/mol. The first kappa shape index (κ1) is 13.0. The van der Waals surface area contributed by atoms with Gasteiger partial charge in [-0.15, -0.1) is 0 Å². The van der Waals surface area contributed by atoms with E-state index in [-0.39, 0.29) is 0 Å². The fourth-order valence-electron chi connectivity index (χ4n) is 2.41. The highest BCUT2D eigenvalue weighted by molar-refractivity contribution is 5.41. The van der Waals surface area contributed by atoms with Gasteiger partial charge in [-0.1, -0.05) is 0 Å². The van der Waals surface area contributed by atoms with Gasteiger partial charge in [0, 0.05) is 24.8 Å². The zero-order valence-corrected chi connectivity index (χ0v) is 11.1. The number of nitrogens with one attached hydrogen (secondary N) is 2. The second kappa shape index (κ2) is 5.97. The number of nitrogens with zero attached hydrogens (tertiary/aromatic N) is 3. The molecule has 0 bridgehead atoms. The van der Waals surface area contributed by atoms with Gasteiger partial charge in [-0.3, -0.25) is 5.43 Å². The van der Waals surface area contributed by atoms with Gasteiger partial charge in [0.1, 0.15) is 5.82 Å². The summed E-state index contributed by atoms with van der Waals surface area (Å²) in [5.41, 5.74) is 3.39. The van der Waals surface area contributed by atoms with Crippen molar-refractivity contribution in [2.24, 2.45) is 11.8 Å². The van der Waals surface area contributed by atoms with E-state index in [2.05, 4.69) is 32.7 Å². The van der Waals surface area contributed by atoms with Crippen molar-refractivity contribution in [3.05, 3.63) is 11.8 Å². The highest BCUT2D eigenvalue weighted by Crippen LogP contribution is 2.16. The van der Waals surface area contributed by atoms with Crippen molar-refractivity contribution in [1.29, 1.82) is 0 Å². The average Bonchev–Trinajstić information content (AvgIpc) is 2.36. The van der Waals surface area contributed by atoms with Gasteiger partial charge in [-0.05, 0) is 39.3 Å². The lowest BCUT2D eigenvalue weighted by Crippen LogP contribution is -2.35. The normalized spacial score (nSPS) is 20.7. The minimum Gasteiger partial charge on any atom is -0.370 e. The topological polar surface area (TPSA) is 79.1 Å². The van der Waals surface area contributed by atoms with Crippen molar-refractivity contribution in [3.63, 3.8) is 0 Å². The molecule has 6 nitrogen and oxygen atoms in total. The lowest BCUT2D eigenvalue weighted by molar-refractivity contribution is 0.217. The van der Waals surface area contributed by atoms with Gasteiger partial charge in [0.05, 0.1) is 0 Å². The smallest absolute Gasteiger partial charge is 0.239 e. The highest BCUT2D eigenvalue weighted by Gasteiger charge is 2.16. The number of hydrogen-bond donors (Lipinski definition) is 3. The summed E-state index contributed by atoms with van der Waals surface area (Å²) in [6.45, 7) is 5.25. The van der Waals surface area contributed by atoms with Crippen LogP contribution >= 0.6 is 0 Å². The summed E-state index contributed by atoms with van der Waals surface area (Å²) in [6, 6.07) is 1.94. The number of aromatic nitrogens is 2. The van der Waals surface area contributed by atoms with E-state index in [1.54, 1.807) is 0 Å². The third-order valence-corrected chi connectivity index (χ3v) is 3.28. The number of nitrogens with two attached hydrogens (primary N) is 1. The van der Waals surface area contributed by atoms with Crippen LogP contribution in [0.15, 0.2) is 6.07 Å². The van der Waals surface area contributed by atoms with Crippen molar-refractivity contribution in [2.45, 2.75) is 19.8 Å². The third kappa shape index (κ3) is 3.54. The molecular formula is C12H22N6. The first-order valence-electron chi connectivity index (χ1n) is 6.42. The summed E-state index contributed by atoms with van der Waals surface area (Å²) >= 11 is 0. The first-order chi connectivity index (χ1) is 8.67. The van der Waals surface area contributed by atoms with Gasteiger partial charge in [-0.25, -0.2) is 10.8 Å². The Bertz CT molecular complexity index is 394. The summed E-state index contributed by atoms with van der Waals surface area (Å²) in [5, 5.41) is 3.38. The number of likely N-dealkylation sites (tertiary alicyclic amines) is 1. The van der Waals surface area contributed by atoms with Crippen LogP contribution in [0.3, 0.4) is 0 Å². The van der Waals surface area contributed by atoms with Crippen LogP contribution in [0.1, 0.15) is 18.5 Å². The van der Waals surface area contributed by atoms with Crippen LogP contribution < -0.4 is 16.6 Å². The zero-order valence-electron chi connectivity index (χ0n) is 11.1. The molecule has 1 atom stereocenters. The van der Waals surface area contributed by atoms with E-state index < -0.39 is 0 Å². The van der Waals surface area contributed by atoms with Crippen LogP contribution in [-0.2, 0) is 0 Å². The van der Waals surface area contributed by atoms with E-state index in [1.165, 1.54) is 19.4 Å². The Morgan fingerprint density at radius 1 is 1.50 bits per heavy atom. The molecule has 1 saturated heterocycles. The highest BCUT2D eigenvalue weighted by atomic mass is 15.3. The van der Waals surface area contributed by atoms with Crippen molar-refractivity contribution in [3.8, 4) is 0 Å². The number of rotatable bonds is 4. The summed E-state index contributed by atoms with van der Waals surface area (Å²) < 4.78 is 0. The van der Waals surface area contributed by atoms with Crippen LogP contribution in [0.5, 0.6) is 0 Å². The fraction of sp³-hybridized carbons (Fsp3) is 0.667. The summed E-state index contributed by atoms with van der Waals surface area (Å²) in [6.07, 6.45) is 2.56. The minimum absolute atomic E-state index is 0.457. The fourth-order valence-corrected chi connectivity index (χ4v) is 2.41. The molecule has 1 aliphatic heterocycles. The predicted octanol–water partition coefficient (Wildman–Crippen LogP) is 0.824. The Hall–Kier alpha value is -1.40. The molecule has 0 radical (unpaired) electrons. The van der Waals surface area contributed by atoms with E-state index in [9.17, 15) is 0 Å². The second-order valence-electron chi connectivity index (χ2n) is 5.01. The summed E-state index contributed by atoms with van der Waals surface area (Å²) in [5.74, 6) is 7.32. The van der Waals surface area contributed by atoms with Crippen molar-refractivity contribution < 1.29 is 0 Å². The molecule has 2 rings (SSSR count). The maximum atomic E-state index is 5.34. The Kier molecular flexibility index (Phi) is 4.33. The van der Waals surface area contributed by atoms with E-state index in [4.69, 9.17) is 5.84 Å². The molecule has 6 heteroatoms. The van der Waals surface area contributed by atoms with E-state index >= 15 is 0 Å². The van der Waals surface area contributed by atoms with Crippen LogP contribution in [0.4, 0.5) is 11.8 Å². The monoisotopic (exact) mass is 250 g/mol. The zero-order chi connectivity index (χ0) is 13.0. The van der Waals surface area contributed by atoms with E-state index in [0.29, 0.717) is 11.9 Å². The molecule has 100 valence electrons. The maximum absolute atomic E-state index is 5.34. The Morgan fingerprint density at radius 2 is 2.33 bits per heavy atom. The summed E-state index contributed by atoms with van der Waals surface area (Å²) in [7, 11) is 2.18. The molecule has 1 aromatic heterocycles. The lowest BCUT2D eigenvalue weighted by Gasteiger charge is -2.29. The molecule has 0 saturated carbocycles. The van der Waals surface area contributed by atoms with Crippen LogP contribution in [0.25, 0.3) is 0 Å². The van der Waals surface area contributed by atoms with Gasteiger partial charge in [-0.2, -0.15) is 4.98 Å². The van der Waals surface area contributed by atoms with Crippen molar-refractivity contribution in [2.75, 3.05) is 37.4 Å². The molecule has 4 N–H and O–H groups in total. The molecule has 0 aromatic carbocycles. The van der Waals surface area contributed by atoms with Crippen LogP contribution in [0.2, 0.25) is 0 Å². The van der Waals surface area contributed by atoms with E-state index in [1.807, 2.05) is 13.0 Å². The molecular weight excluding hydrogens is 228 g/mol. The average molecular weight is 250 g/mol. The molecule has 1 aliphatic rings. The number of anilines is 2. The third-order valence-electron chi connectivity index (χ3n) is 3.28. The molecule has 1 aromatic rings. The molecule has 0 aliphatic carbocycles. The Labute approximate surface area is 108 Å². The first-order valence-corrected chi connectivity index (χ1v) is 6.42. The molecule has 0 spiro atoms. The standard InChI is InChI=1S/C12H22N6/c1-9-6-11(16-12(15-9)17-13)14-7-10-4-3-5-18(2)8-10/h6,10H,3-5,7-8,13H2,1-2H3,(H2,14,15,16,17). The number of aryl methyl sites for hydroxylation is 1. The number of hydrazine groups is 1. The van der Waals surface area contributed by atoms with E-state index in [0.717, 1.165) is 24.6 Å². The molecule has 0 amide bonds. The van der Waals surface area contributed by atoms with Crippen molar-refractivity contribution in [1.82, 2.24) is 14.9 Å². The summed E-state index contributed by atoms with van der Waals surface area (Å²) in [4.78, 5) is 10.8. The SMILES string of the molecule is Cc1cc(NCC2CCCN(C)C2)nc(NN)n1. The Morgan fingerprint density at radius 3 is 3.06 bits per heavy atom. The Balaban J connectivity index is 1.91. The van der Waals surface area contributed by atoms with Gasteiger partial charge in [0.15, 0.2) is 0 Å². The number of nitrogen functional groups attached to an aromatic ring is 1. The molecule has 1 unspecified atom stereocenters. The van der Waals surface area contributed by atoms with Crippen LogP contribution in [-0.4, -0.2) is 41.5 Å². The van der Waals surface area contributed by atoms with Crippen molar-refractivity contribution >= 4 is 11.8 Å². The lowest BCUT2D eigenvalue weighted by atomic mass is 9.98. The van der Waals surface area contributed by atoms with Gasteiger partial charge in [0.25, 0.3) is 0 Å². The van der Waals surface area contributed by atoms with Gasteiger partial charge >= 0.3 is 0 Å². The second-order valence-corrected chi connectivity index (χ2v) is 5.01. The largest absolute Gasteiger partial charge is 0.370 e.